The quantitative estimate of drug-likeness (QED) is 0.564. The van der Waals surface area contributed by atoms with Gasteiger partial charge in [0.05, 0.1) is 10.2 Å². The summed E-state index contributed by atoms with van der Waals surface area (Å²) in [7, 11) is 0. The van der Waals surface area contributed by atoms with Crippen LogP contribution in [0.2, 0.25) is 0 Å². The first-order chi connectivity index (χ1) is 6.20. The van der Waals surface area contributed by atoms with E-state index in [1.807, 2.05) is 6.92 Å². The van der Waals surface area contributed by atoms with Gasteiger partial charge in [-0.05, 0) is 35.0 Å². The third-order valence-electron chi connectivity index (χ3n) is 1.67. The Morgan fingerprint density at radius 3 is 2.85 bits per heavy atom. The van der Waals surface area contributed by atoms with E-state index in [0.29, 0.717) is 22.3 Å². The fourth-order valence-corrected chi connectivity index (χ4v) is 1.39. The van der Waals surface area contributed by atoms with E-state index in [9.17, 15) is 5.11 Å². The second-order valence-electron chi connectivity index (χ2n) is 2.53. The molecule has 0 fully saturated rings. The number of halogens is 1. The molecule has 0 aliphatic heterocycles. The summed E-state index contributed by atoms with van der Waals surface area (Å²) in [5, 5.41) is 19.8. The molecule has 0 unspecified atom stereocenters. The van der Waals surface area contributed by atoms with Crippen molar-refractivity contribution in [3.8, 4) is 5.75 Å². The minimum absolute atomic E-state index is 0.155. The van der Waals surface area contributed by atoms with Crippen LogP contribution in [0.15, 0.2) is 16.6 Å². The zero-order valence-corrected chi connectivity index (χ0v) is 8.85. The van der Waals surface area contributed by atoms with Gasteiger partial charge in [-0.3, -0.25) is 0 Å². The van der Waals surface area contributed by atoms with Crippen molar-refractivity contribution in [3.05, 3.63) is 22.2 Å². The van der Waals surface area contributed by atoms with Gasteiger partial charge in [0.25, 0.3) is 0 Å². The minimum atomic E-state index is 0.155. The predicted octanol–water partition coefficient (Wildman–Crippen LogP) is 2.58. The van der Waals surface area contributed by atoms with Crippen LogP contribution in [0.1, 0.15) is 12.5 Å². The molecule has 13 heavy (non-hydrogen) atoms. The number of anilines is 1. The average Bonchev–Trinajstić information content (AvgIpc) is 2.14. The molecular weight excluding hydrogens is 232 g/mol. The van der Waals surface area contributed by atoms with Gasteiger partial charge < -0.3 is 15.8 Å². The molecule has 70 valence electrons. The zero-order valence-electron chi connectivity index (χ0n) is 7.26. The largest absolute Gasteiger partial charge is 0.505 e. The number of rotatable bonds is 3. The van der Waals surface area contributed by atoms with Crippen molar-refractivity contribution < 1.29 is 5.11 Å². The van der Waals surface area contributed by atoms with E-state index in [1.165, 1.54) is 6.21 Å². The van der Waals surface area contributed by atoms with Gasteiger partial charge in [0, 0.05) is 18.3 Å². The number of benzene rings is 1. The van der Waals surface area contributed by atoms with Crippen LogP contribution in [-0.2, 0) is 0 Å². The molecule has 1 rings (SSSR count). The molecule has 0 atom stereocenters. The highest BCUT2D eigenvalue weighted by Crippen LogP contribution is 2.34. The van der Waals surface area contributed by atoms with E-state index < -0.39 is 0 Å². The lowest BCUT2D eigenvalue weighted by Crippen LogP contribution is -2.00. The maximum absolute atomic E-state index is 9.63. The van der Waals surface area contributed by atoms with Crippen molar-refractivity contribution in [3.63, 3.8) is 0 Å². The summed E-state index contributed by atoms with van der Waals surface area (Å²) in [5.74, 6) is 0.155. The highest BCUT2D eigenvalue weighted by atomic mass is 79.9. The Labute approximate surface area is 85.4 Å². The Bertz CT molecular complexity index is 326. The van der Waals surface area contributed by atoms with E-state index in [4.69, 9.17) is 5.41 Å². The lowest BCUT2D eigenvalue weighted by molar-refractivity contribution is 0.474. The first-order valence-corrected chi connectivity index (χ1v) is 4.75. The molecule has 1 aromatic rings. The summed E-state index contributed by atoms with van der Waals surface area (Å²) in [4.78, 5) is 0. The number of aromatic hydroxyl groups is 1. The number of phenolic OH excluding ortho intramolecular Hbond substituents is 1. The van der Waals surface area contributed by atoms with Gasteiger partial charge in [-0.1, -0.05) is 0 Å². The normalized spacial score (nSPS) is 9.69. The molecule has 3 nitrogen and oxygen atoms in total. The van der Waals surface area contributed by atoms with Crippen LogP contribution in [0.3, 0.4) is 0 Å². The predicted molar refractivity (Wildman–Crippen MR) is 57.9 cm³/mol. The second-order valence-corrected chi connectivity index (χ2v) is 3.39. The van der Waals surface area contributed by atoms with Crippen molar-refractivity contribution >= 4 is 27.8 Å². The third-order valence-corrected chi connectivity index (χ3v) is 2.31. The van der Waals surface area contributed by atoms with Crippen molar-refractivity contribution in [1.82, 2.24) is 0 Å². The summed E-state index contributed by atoms with van der Waals surface area (Å²) < 4.78 is 0.633. The van der Waals surface area contributed by atoms with Crippen LogP contribution in [0.4, 0.5) is 5.69 Å². The molecule has 1 aromatic carbocycles. The van der Waals surface area contributed by atoms with Gasteiger partial charge in [0.2, 0.25) is 0 Å². The number of phenols is 1. The van der Waals surface area contributed by atoms with Crippen LogP contribution in [-0.4, -0.2) is 17.9 Å². The van der Waals surface area contributed by atoms with Crippen molar-refractivity contribution in [2.75, 3.05) is 11.9 Å². The van der Waals surface area contributed by atoms with E-state index >= 15 is 0 Å². The Morgan fingerprint density at radius 1 is 1.62 bits per heavy atom. The molecule has 0 spiro atoms. The van der Waals surface area contributed by atoms with Crippen LogP contribution < -0.4 is 5.32 Å². The van der Waals surface area contributed by atoms with Gasteiger partial charge in [0.15, 0.2) is 5.75 Å². The third kappa shape index (κ3) is 2.01. The van der Waals surface area contributed by atoms with Gasteiger partial charge >= 0.3 is 0 Å². The van der Waals surface area contributed by atoms with Gasteiger partial charge in [-0.15, -0.1) is 0 Å². The van der Waals surface area contributed by atoms with Crippen LogP contribution in [0, 0.1) is 5.41 Å². The summed E-state index contributed by atoms with van der Waals surface area (Å²) in [6.45, 7) is 2.65. The second kappa shape index (κ2) is 4.28. The molecule has 3 N–H and O–H groups in total. The molecule has 0 amide bonds. The standard InChI is InChI=1S/C9H11BrN2O/c1-2-12-8-6(5-11)3-4-7(10)9(8)13/h3-5,11-13H,2H2,1H3. The summed E-state index contributed by atoms with van der Waals surface area (Å²) in [5.41, 5.74) is 1.29. The summed E-state index contributed by atoms with van der Waals surface area (Å²) >= 11 is 3.21. The van der Waals surface area contributed by atoms with E-state index in [1.54, 1.807) is 12.1 Å². The SMILES string of the molecule is CCNc1c(C=N)ccc(Br)c1O. The van der Waals surface area contributed by atoms with Crippen molar-refractivity contribution in [2.24, 2.45) is 0 Å². The molecule has 0 saturated heterocycles. The Balaban J connectivity index is 3.23. The highest BCUT2D eigenvalue weighted by molar-refractivity contribution is 9.10. The summed E-state index contributed by atoms with van der Waals surface area (Å²) in [6, 6.07) is 3.49. The fourth-order valence-electron chi connectivity index (χ4n) is 1.06. The molecule has 0 heterocycles. The molecular formula is C9H11BrN2O. The molecule has 0 bridgehead atoms. The number of hydrogen-bond donors (Lipinski definition) is 3. The van der Waals surface area contributed by atoms with Gasteiger partial charge in [-0.25, -0.2) is 0 Å². The first-order valence-electron chi connectivity index (χ1n) is 3.96. The van der Waals surface area contributed by atoms with Gasteiger partial charge in [0.1, 0.15) is 0 Å². The van der Waals surface area contributed by atoms with Crippen LogP contribution in [0.25, 0.3) is 0 Å². The lowest BCUT2D eigenvalue weighted by atomic mass is 10.2. The highest BCUT2D eigenvalue weighted by Gasteiger charge is 2.08. The van der Waals surface area contributed by atoms with Crippen LogP contribution >= 0.6 is 15.9 Å². The fraction of sp³-hybridized carbons (Fsp3) is 0.222. The van der Waals surface area contributed by atoms with Crippen molar-refractivity contribution in [1.29, 1.82) is 5.41 Å². The topological polar surface area (TPSA) is 56.1 Å². The minimum Gasteiger partial charge on any atom is -0.505 e. The summed E-state index contributed by atoms with van der Waals surface area (Å²) in [6.07, 6.45) is 1.21. The Hall–Kier alpha value is -1.03. The molecule has 0 aliphatic rings. The zero-order chi connectivity index (χ0) is 9.84. The van der Waals surface area contributed by atoms with E-state index in [-0.39, 0.29) is 5.75 Å². The Kier molecular flexibility index (Phi) is 3.31. The molecule has 0 aliphatic carbocycles. The van der Waals surface area contributed by atoms with Gasteiger partial charge in [-0.2, -0.15) is 0 Å². The smallest absolute Gasteiger partial charge is 0.153 e. The number of nitrogens with one attached hydrogen (secondary N) is 2. The van der Waals surface area contributed by atoms with Crippen molar-refractivity contribution in [2.45, 2.75) is 6.92 Å². The van der Waals surface area contributed by atoms with E-state index in [0.717, 1.165) is 0 Å². The van der Waals surface area contributed by atoms with E-state index in [2.05, 4.69) is 21.2 Å². The molecule has 0 saturated carbocycles. The maximum atomic E-state index is 9.63. The molecule has 4 heteroatoms. The monoisotopic (exact) mass is 242 g/mol. The number of hydrogen-bond acceptors (Lipinski definition) is 3. The molecule has 0 radical (unpaired) electrons. The molecule has 0 aromatic heterocycles. The Morgan fingerprint density at radius 2 is 2.31 bits per heavy atom. The maximum Gasteiger partial charge on any atom is 0.153 e. The van der Waals surface area contributed by atoms with Crippen LogP contribution in [0.5, 0.6) is 5.75 Å². The lowest BCUT2D eigenvalue weighted by Gasteiger charge is -2.10. The first kappa shape index (κ1) is 10.1. The average molecular weight is 243 g/mol.